The van der Waals surface area contributed by atoms with Crippen LogP contribution < -0.4 is 0 Å². The fourth-order valence-corrected chi connectivity index (χ4v) is 3.76. The number of rotatable bonds is 3. The average Bonchev–Trinajstić information content (AvgIpc) is 2.55. The van der Waals surface area contributed by atoms with Crippen LogP contribution in [0.4, 0.5) is 0 Å². The fraction of sp³-hybridized carbons (Fsp3) is 0.583. The lowest BCUT2D eigenvalue weighted by molar-refractivity contribution is -0.143. The summed E-state index contributed by atoms with van der Waals surface area (Å²) in [6.07, 6.45) is 4.05. The van der Waals surface area contributed by atoms with Crippen LogP contribution in [0.25, 0.3) is 0 Å². The maximum atomic E-state index is 11.3. The minimum atomic E-state index is -0.681. The molecule has 0 amide bonds. The molecule has 0 aromatic carbocycles. The molecule has 0 bridgehead atoms. The highest BCUT2D eigenvalue weighted by molar-refractivity contribution is 9.10. The molecule has 0 radical (unpaired) electrons. The topological polar surface area (TPSA) is 40.5 Å². The molecule has 17 heavy (non-hydrogen) atoms. The van der Waals surface area contributed by atoms with Crippen molar-refractivity contribution >= 4 is 33.2 Å². The van der Waals surface area contributed by atoms with E-state index in [1.54, 1.807) is 11.3 Å². The Bertz CT molecular complexity index is 394. The van der Waals surface area contributed by atoms with Gasteiger partial charge in [0.25, 0.3) is 0 Å². The van der Waals surface area contributed by atoms with Gasteiger partial charge in [-0.05, 0) is 46.8 Å². The maximum Gasteiger partial charge on any atom is 0.320 e. The Morgan fingerprint density at radius 1 is 1.53 bits per heavy atom. The highest BCUT2D eigenvalue weighted by Gasteiger charge is 2.27. The lowest BCUT2D eigenvalue weighted by Crippen LogP contribution is -2.40. The molecule has 94 valence electrons. The molecule has 0 spiro atoms. The molecule has 1 fully saturated rings. The Balaban J connectivity index is 2.10. The van der Waals surface area contributed by atoms with E-state index in [0.29, 0.717) is 0 Å². The molecule has 0 saturated carbocycles. The van der Waals surface area contributed by atoms with Crippen molar-refractivity contribution in [1.82, 2.24) is 4.90 Å². The van der Waals surface area contributed by atoms with Crippen molar-refractivity contribution in [3.8, 4) is 0 Å². The van der Waals surface area contributed by atoms with Gasteiger partial charge in [-0.3, -0.25) is 9.69 Å². The van der Waals surface area contributed by atoms with Gasteiger partial charge in [0.15, 0.2) is 0 Å². The SMILES string of the molecule is O=C(O)C1CCCCCN1Cc1sccc1Br. The third-order valence-electron chi connectivity index (χ3n) is 3.19. The second-order valence-electron chi connectivity index (χ2n) is 4.37. The van der Waals surface area contributed by atoms with Crippen LogP contribution in [0.1, 0.15) is 30.6 Å². The highest BCUT2D eigenvalue weighted by Crippen LogP contribution is 2.27. The number of hydrogen-bond acceptors (Lipinski definition) is 3. The smallest absolute Gasteiger partial charge is 0.320 e. The summed E-state index contributed by atoms with van der Waals surface area (Å²) in [7, 11) is 0. The highest BCUT2D eigenvalue weighted by atomic mass is 79.9. The van der Waals surface area contributed by atoms with Crippen LogP contribution in [0, 0.1) is 0 Å². The molecular weight excluding hydrogens is 302 g/mol. The van der Waals surface area contributed by atoms with Gasteiger partial charge in [-0.2, -0.15) is 0 Å². The predicted molar refractivity (Wildman–Crippen MR) is 72.3 cm³/mol. The van der Waals surface area contributed by atoms with E-state index in [0.717, 1.165) is 43.2 Å². The van der Waals surface area contributed by atoms with E-state index in [1.165, 1.54) is 4.88 Å². The van der Waals surface area contributed by atoms with E-state index in [2.05, 4.69) is 20.8 Å². The first-order chi connectivity index (χ1) is 8.18. The van der Waals surface area contributed by atoms with Crippen LogP contribution >= 0.6 is 27.3 Å². The molecule has 1 aliphatic rings. The molecule has 1 aromatic rings. The van der Waals surface area contributed by atoms with Crippen LogP contribution in [0.3, 0.4) is 0 Å². The molecule has 1 aliphatic heterocycles. The monoisotopic (exact) mass is 317 g/mol. The molecule has 2 rings (SSSR count). The Kier molecular flexibility index (Phi) is 4.59. The summed E-state index contributed by atoms with van der Waals surface area (Å²) < 4.78 is 1.09. The number of thiophene rings is 1. The minimum absolute atomic E-state index is 0.313. The van der Waals surface area contributed by atoms with E-state index < -0.39 is 5.97 Å². The second-order valence-corrected chi connectivity index (χ2v) is 6.22. The van der Waals surface area contributed by atoms with Crippen molar-refractivity contribution in [2.24, 2.45) is 0 Å². The van der Waals surface area contributed by atoms with Crippen LogP contribution in [-0.4, -0.2) is 28.6 Å². The Morgan fingerprint density at radius 2 is 2.35 bits per heavy atom. The average molecular weight is 318 g/mol. The van der Waals surface area contributed by atoms with Crippen LogP contribution in [0.15, 0.2) is 15.9 Å². The second kappa shape index (κ2) is 5.98. The summed E-state index contributed by atoms with van der Waals surface area (Å²) >= 11 is 5.19. The zero-order chi connectivity index (χ0) is 12.3. The number of carboxylic acid groups (broad SMARTS) is 1. The number of aliphatic carboxylic acids is 1. The normalized spacial score (nSPS) is 22.3. The van der Waals surface area contributed by atoms with Crippen molar-refractivity contribution in [2.75, 3.05) is 6.54 Å². The molecule has 5 heteroatoms. The van der Waals surface area contributed by atoms with E-state index in [4.69, 9.17) is 0 Å². The first kappa shape index (κ1) is 13.1. The lowest BCUT2D eigenvalue weighted by Gasteiger charge is -2.26. The molecule has 1 unspecified atom stereocenters. The third-order valence-corrected chi connectivity index (χ3v) is 5.10. The van der Waals surface area contributed by atoms with Gasteiger partial charge in [-0.1, -0.05) is 12.8 Å². The van der Waals surface area contributed by atoms with Crippen molar-refractivity contribution in [1.29, 1.82) is 0 Å². The van der Waals surface area contributed by atoms with E-state index in [-0.39, 0.29) is 6.04 Å². The minimum Gasteiger partial charge on any atom is -0.480 e. The summed E-state index contributed by atoms with van der Waals surface area (Å²) in [5.41, 5.74) is 0. The molecule has 1 atom stereocenters. The number of likely N-dealkylation sites (tertiary alicyclic amines) is 1. The van der Waals surface area contributed by atoms with Gasteiger partial charge in [0.1, 0.15) is 6.04 Å². The Morgan fingerprint density at radius 3 is 3.00 bits per heavy atom. The third kappa shape index (κ3) is 3.30. The fourth-order valence-electron chi connectivity index (χ4n) is 2.26. The zero-order valence-electron chi connectivity index (χ0n) is 9.56. The summed E-state index contributed by atoms with van der Waals surface area (Å²) in [4.78, 5) is 14.6. The quantitative estimate of drug-likeness (QED) is 0.929. The molecule has 0 aliphatic carbocycles. The van der Waals surface area contributed by atoms with Crippen LogP contribution in [-0.2, 0) is 11.3 Å². The lowest BCUT2D eigenvalue weighted by atomic mass is 10.1. The molecule has 1 saturated heterocycles. The number of halogens is 1. The Hall–Kier alpha value is -0.390. The molecule has 1 N–H and O–H groups in total. The molecule has 2 heterocycles. The predicted octanol–water partition coefficient (Wildman–Crippen LogP) is 3.34. The van der Waals surface area contributed by atoms with Gasteiger partial charge in [-0.25, -0.2) is 0 Å². The Labute approximate surface area is 114 Å². The maximum absolute atomic E-state index is 11.3. The van der Waals surface area contributed by atoms with Crippen molar-refractivity contribution in [2.45, 2.75) is 38.3 Å². The molecular formula is C12H16BrNO2S. The van der Waals surface area contributed by atoms with Gasteiger partial charge in [0.2, 0.25) is 0 Å². The van der Waals surface area contributed by atoms with Gasteiger partial charge in [0, 0.05) is 15.9 Å². The van der Waals surface area contributed by atoms with Gasteiger partial charge >= 0.3 is 5.97 Å². The van der Waals surface area contributed by atoms with E-state index >= 15 is 0 Å². The van der Waals surface area contributed by atoms with E-state index in [1.807, 2.05) is 11.4 Å². The van der Waals surface area contributed by atoms with Crippen molar-refractivity contribution in [3.63, 3.8) is 0 Å². The van der Waals surface area contributed by atoms with Gasteiger partial charge in [0.05, 0.1) is 0 Å². The molecule has 3 nitrogen and oxygen atoms in total. The standard InChI is InChI=1S/C12H16BrNO2S/c13-9-5-7-17-11(9)8-14-6-3-1-2-4-10(14)12(15)16/h5,7,10H,1-4,6,8H2,(H,15,16). The largest absolute Gasteiger partial charge is 0.480 e. The summed E-state index contributed by atoms with van der Waals surface area (Å²) in [5, 5.41) is 11.3. The van der Waals surface area contributed by atoms with E-state index in [9.17, 15) is 9.90 Å². The zero-order valence-corrected chi connectivity index (χ0v) is 12.0. The number of nitrogens with zero attached hydrogens (tertiary/aromatic N) is 1. The first-order valence-corrected chi connectivity index (χ1v) is 7.54. The number of hydrogen-bond donors (Lipinski definition) is 1. The van der Waals surface area contributed by atoms with Crippen molar-refractivity contribution in [3.05, 3.63) is 20.8 Å². The molecule has 1 aromatic heterocycles. The van der Waals surface area contributed by atoms with Crippen molar-refractivity contribution < 1.29 is 9.90 Å². The number of carboxylic acids is 1. The van der Waals surface area contributed by atoms with Crippen LogP contribution in [0.5, 0.6) is 0 Å². The summed E-state index contributed by atoms with van der Waals surface area (Å²) in [5.74, 6) is -0.681. The summed E-state index contributed by atoms with van der Waals surface area (Å²) in [6.45, 7) is 1.64. The van der Waals surface area contributed by atoms with Gasteiger partial charge in [-0.15, -0.1) is 11.3 Å². The first-order valence-electron chi connectivity index (χ1n) is 5.87. The number of carbonyl (C=O) groups is 1. The van der Waals surface area contributed by atoms with Gasteiger partial charge < -0.3 is 5.11 Å². The summed E-state index contributed by atoms with van der Waals surface area (Å²) in [6, 6.07) is 1.71. The van der Waals surface area contributed by atoms with Crippen LogP contribution in [0.2, 0.25) is 0 Å².